The van der Waals surface area contributed by atoms with Gasteiger partial charge in [0.05, 0.1) is 12.4 Å². The van der Waals surface area contributed by atoms with E-state index in [-0.39, 0.29) is 5.91 Å². The van der Waals surface area contributed by atoms with Crippen LogP contribution in [0.5, 0.6) is 11.6 Å². The standard InChI is InChI=1S/C23H28N4O2/c28-23-6-3-11-27(23)21-15-25-22(16-24-21)29-20-8-7-17-9-12-26(13-10-18(17)14-20)19-4-1-2-5-19/h7-8,14-16,19H,1-6,9-13H2. The number of aromatic nitrogens is 2. The summed E-state index contributed by atoms with van der Waals surface area (Å²) in [7, 11) is 0. The lowest BCUT2D eigenvalue weighted by Crippen LogP contribution is -2.35. The highest BCUT2D eigenvalue weighted by molar-refractivity contribution is 5.94. The van der Waals surface area contributed by atoms with Gasteiger partial charge in [0, 0.05) is 32.1 Å². The summed E-state index contributed by atoms with van der Waals surface area (Å²) in [4.78, 5) is 25.0. The maximum atomic E-state index is 11.8. The van der Waals surface area contributed by atoms with Crippen LogP contribution in [0.25, 0.3) is 0 Å². The normalized spacial score (nSPS) is 20.7. The van der Waals surface area contributed by atoms with Gasteiger partial charge >= 0.3 is 0 Å². The van der Waals surface area contributed by atoms with Crippen molar-refractivity contribution >= 4 is 11.7 Å². The summed E-state index contributed by atoms with van der Waals surface area (Å²) in [6, 6.07) is 7.18. The van der Waals surface area contributed by atoms with Gasteiger partial charge in [0.15, 0.2) is 5.82 Å². The molecule has 2 aromatic rings. The highest BCUT2D eigenvalue weighted by atomic mass is 16.5. The van der Waals surface area contributed by atoms with E-state index < -0.39 is 0 Å². The summed E-state index contributed by atoms with van der Waals surface area (Å²) in [6.45, 7) is 3.02. The van der Waals surface area contributed by atoms with Crippen LogP contribution in [0.3, 0.4) is 0 Å². The Balaban J connectivity index is 1.25. The monoisotopic (exact) mass is 392 g/mol. The van der Waals surface area contributed by atoms with Crippen LogP contribution in [0.2, 0.25) is 0 Å². The highest BCUT2D eigenvalue weighted by Gasteiger charge is 2.25. The van der Waals surface area contributed by atoms with Crippen molar-refractivity contribution in [1.82, 2.24) is 14.9 Å². The Labute approximate surface area is 171 Å². The number of amides is 1. The summed E-state index contributed by atoms with van der Waals surface area (Å²) < 4.78 is 5.97. The number of hydrogen-bond donors (Lipinski definition) is 0. The van der Waals surface area contributed by atoms with Crippen LogP contribution < -0.4 is 9.64 Å². The summed E-state index contributed by atoms with van der Waals surface area (Å²) in [5.41, 5.74) is 2.82. The number of anilines is 1. The average Bonchev–Trinajstić information content (AvgIpc) is 3.37. The fraction of sp³-hybridized carbons (Fsp3) is 0.522. The van der Waals surface area contributed by atoms with Crippen molar-refractivity contribution in [1.29, 1.82) is 0 Å². The SMILES string of the molecule is O=C1CCCN1c1cnc(Oc2ccc3c(c2)CCN(C2CCCC2)CC3)cn1. The summed E-state index contributed by atoms with van der Waals surface area (Å²) in [5.74, 6) is 1.98. The zero-order valence-electron chi connectivity index (χ0n) is 16.8. The van der Waals surface area contributed by atoms with E-state index in [1.807, 2.05) is 6.07 Å². The molecule has 0 radical (unpaired) electrons. The van der Waals surface area contributed by atoms with E-state index >= 15 is 0 Å². The summed E-state index contributed by atoms with van der Waals surface area (Å²) in [6.07, 6.45) is 12.4. The Hall–Kier alpha value is -2.47. The number of nitrogens with zero attached hydrogens (tertiary/aromatic N) is 4. The Morgan fingerprint density at radius 2 is 1.72 bits per heavy atom. The molecule has 3 aliphatic rings. The molecule has 2 aliphatic heterocycles. The second-order valence-corrected chi connectivity index (χ2v) is 8.37. The van der Waals surface area contributed by atoms with Crippen molar-refractivity contribution in [2.75, 3.05) is 24.5 Å². The van der Waals surface area contributed by atoms with E-state index in [0.717, 1.165) is 44.1 Å². The molecular formula is C23H28N4O2. The first kappa shape index (κ1) is 18.6. The van der Waals surface area contributed by atoms with Crippen LogP contribution in [0.1, 0.15) is 49.7 Å². The van der Waals surface area contributed by atoms with Crippen LogP contribution in [0, 0.1) is 0 Å². The van der Waals surface area contributed by atoms with Gasteiger partial charge in [-0.2, -0.15) is 0 Å². The van der Waals surface area contributed by atoms with Crippen LogP contribution >= 0.6 is 0 Å². The third kappa shape index (κ3) is 3.99. The Morgan fingerprint density at radius 3 is 2.45 bits per heavy atom. The minimum atomic E-state index is 0.116. The first-order chi connectivity index (χ1) is 14.3. The second-order valence-electron chi connectivity index (χ2n) is 8.37. The molecule has 0 spiro atoms. The predicted octanol–water partition coefficient (Wildman–Crippen LogP) is 3.74. The molecule has 1 saturated carbocycles. The van der Waals surface area contributed by atoms with Crippen LogP contribution in [0.15, 0.2) is 30.6 Å². The van der Waals surface area contributed by atoms with Gasteiger partial charge in [-0.3, -0.25) is 14.6 Å². The second kappa shape index (κ2) is 8.11. The number of hydrogen-bond acceptors (Lipinski definition) is 5. The lowest BCUT2D eigenvalue weighted by molar-refractivity contribution is -0.117. The molecule has 0 atom stereocenters. The fourth-order valence-electron chi connectivity index (χ4n) is 4.93. The maximum Gasteiger partial charge on any atom is 0.237 e. The Morgan fingerprint density at radius 1 is 0.897 bits per heavy atom. The molecule has 0 N–H and O–H groups in total. The molecule has 6 heteroatoms. The molecule has 1 aromatic carbocycles. The molecule has 29 heavy (non-hydrogen) atoms. The van der Waals surface area contributed by atoms with Gasteiger partial charge in [-0.25, -0.2) is 9.97 Å². The molecule has 1 amide bonds. The number of carbonyl (C=O) groups is 1. The average molecular weight is 393 g/mol. The van der Waals surface area contributed by atoms with E-state index in [4.69, 9.17) is 4.74 Å². The van der Waals surface area contributed by atoms with Crippen molar-refractivity contribution in [3.63, 3.8) is 0 Å². The number of rotatable bonds is 4. The number of ether oxygens (including phenoxy) is 1. The first-order valence-corrected chi connectivity index (χ1v) is 10.9. The van der Waals surface area contributed by atoms with Gasteiger partial charge in [0.1, 0.15) is 5.75 Å². The molecule has 1 aromatic heterocycles. The highest BCUT2D eigenvalue weighted by Crippen LogP contribution is 2.29. The quantitative estimate of drug-likeness (QED) is 0.793. The van der Waals surface area contributed by atoms with Gasteiger partial charge in [-0.1, -0.05) is 18.9 Å². The minimum absolute atomic E-state index is 0.116. The van der Waals surface area contributed by atoms with Crippen molar-refractivity contribution in [2.24, 2.45) is 0 Å². The summed E-state index contributed by atoms with van der Waals surface area (Å²) >= 11 is 0. The van der Waals surface area contributed by atoms with Gasteiger partial charge < -0.3 is 4.74 Å². The van der Waals surface area contributed by atoms with Gasteiger partial charge in [-0.05, 0) is 55.4 Å². The Kier molecular flexibility index (Phi) is 5.19. The minimum Gasteiger partial charge on any atom is -0.437 e. The van der Waals surface area contributed by atoms with E-state index in [0.29, 0.717) is 18.1 Å². The molecule has 5 rings (SSSR count). The molecule has 1 aliphatic carbocycles. The molecular weight excluding hydrogens is 364 g/mol. The zero-order valence-corrected chi connectivity index (χ0v) is 16.8. The predicted molar refractivity (Wildman–Crippen MR) is 111 cm³/mol. The lowest BCUT2D eigenvalue weighted by atomic mass is 10.0. The van der Waals surface area contributed by atoms with E-state index in [9.17, 15) is 4.79 Å². The maximum absolute atomic E-state index is 11.8. The van der Waals surface area contributed by atoms with Crippen molar-refractivity contribution in [2.45, 2.75) is 57.4 Å². The molecule has 3 heterocycles. The molecule has 0 bridgehead atoms. The van der Waals surface area contributed by atoms with Crippen molar-refractivity contribution in [3.05, 3.63) is 41.7 Å². The fourth-order valence-corrected chi connectivity index (χ4v) is 4.93. The largest absolute Gasteiger partial charge is 0.437 e. The topological polar surface area (TPSA) is 58.6 Å². The van der Waals surface area contributed by atoms with Crippen LogP contribution in [0.4, 0.5) is 5.82 Å². The molecule has 0 unspecified atom stereocenters. The van der Waals surface area contributed by atoms with Crippen LogP contribution in [-0.2, 0) is 17.6 Å². The number of benzene rings is 1. The third-order valence-corrected chi connectivity index (χ3v) is 6.54. The first-order valence-electron chi connectivity index (χ1n) is 10.9. The zero-order chi connectivity index (χ0) is 19.6. The van der Waals surface area contributed by atoms with Gasteiger partial charge in [0.2, 0.25) is 11.8 Å². The van der Waals surface area contributed by atoms with E-state index in [1.165, 1.54) is 43.4 Å². The Bertz CT molecular complexity index is 877. The van der Waals surface area contributed by atoms with Gasteiger partial charge in [-0.15, -0.1) is 0 Å². The number of fused-ring (bicyclic) bond motifs is 1. The molecule has 152 valence electrons. The summed E-state index contributed by atoms with van der Waals surface area (Å²) in [5, 5.41) is 0. The molecule has 6 nitrogen and oxygen atoms in total. The van der Waals surface area contributed by atoms with Crippen molar-refractivity contribution < 1.29 is 9.53 Å². The van der Waals surface area contributed by atoms with Crippen molar-refractivity contribution in [3.8, 4) is 11.6 Å². The third-order valence-electron chi connectivity index (χ3n) is 6.54. The lowest BCUT2D eigenvalue weighted by Gasteiger charge is -2.26. The van der Waals surface area contributed by atoms with Crippen LogP contribution in [-0.4, -0.2) is 46.5 Å². The van der Waals surface area contributed by atoms with Gasteiger partial charge in [0.25, 0.3) is 0 Å². The molecule has 1 saturated heterocycles. The van der Waals surface area contributed by atoms with E-state index in [1.54, 1.807) is 17.3 Å². The van der Waals surface area contributed by atoms with E-state index in [2.05, 4.69) is 27.0 Å². The smallest absolute Gasteiger partial charge is 0.237 e. The molecule has 2 fully saturated rings. The number of carbonyl (C=O) groups excluding carboxylic acids is 1.